The number of carbonyl (C=O) groups is 2. The smallest absolute Gasteiger partial charge is 0.252 e. The average molecular weight is 310 g/mol. The number of rotatable bonds is 3. The van der Waals surface area contributed by atoms with Crippen LogP contribution in [-0.4, -0.2) is 31.4 Å². The molecule has 0 aromatic heterocycles. The van der Waals surface area contributed by atoms with Crippen molar-refractivity contribution in [3.8, 4) is 0 Å². The summed E-state index contributed by atoms with van der Waals surface area (Å²) < 4.78 is 0. The molecule has 0 radical (unpaired) electrons. The van der Waals surface area contributed by atoms with Gasteiger partial charge in [-0.05, 0) is 37.6 Å². The lowest BCUT2D eigenvalue weighted by atomic mass is 10.1. The van der Waals surface area contributed by atoms with Gasteiger partial charge < -0.3 is 16.0 Å². The molecule has 1 aliphatic heterocycles. The van der Waals surface area contributed by atoms with Crippen LogP contribution in [0, 0.1) is 0 Å². The summed E-state index contributed by atoms with van der Waals surface area (Å²) in [4.78, 5) is 23.9. The molecule has 0 bridgehead atoms. The molecule has 5 nitrogen and oxygen atoms in total. The first kappa shape index (κ1) is 15.8. The Kier molecular flexibility index (Phi) is 5.59. The summed E-state index contributed by atoms with van der Waals surface area (Å²) in [5.41, 5.74) is 0.930. The number of anilines is 1. The highest BCUT2D eigenvalue weighted by Gasteiger charge is 2.20. The molecule has 1 atom stereocenters. The van der Waals surface area contributed by atoms with Gasteiger partial charge in [-0.25, -0.2) is 0 Å². The maximum Gasteiger partial charge on any atom is 0.252 e. The number of benzene rings is 1. The fourth-order valence-electron chi connectivity index (χ4n) is 2.39. The predicted octanol–water partition coefficient (Wildman–Crippen LogP) is 2.17. The van der Waals surface area contributed by atoms with Crippen LogP contribution in [0.4, 0.5) is 5.69 Å². The lowest BCUT2D eigenvalue weighted by Crippen LogP contribution is -2.39. The highest BCUT2D eigenvalue weighted by Crippen LogP contribution is 2.21. The second kappa shape index (κ2) is 7.43. The lowest BCUT2D eigenvalue weighted by Gasteiger charge is -2.16. The molecular formula is C15H20ClN3O2. The average Bonchev–Trinajstić information content (AvgIpc) is 2.77. The number of hydrogen-bond donors (Lipinski definition) is 3. The Balaban J connectivity index is 2.08. The van der Waals surface area contributed by atoms with Gasteiger partial charge in [0, 0.05) is 12.7 Å². The lowest BCUT2D eigenvalue weighted by molar-refractivity contribution is -0.118. The molecule has 2 amide bonds. The van der Waals surface area contributed by atoms with E-state index >= 15 is 0 Å². The third-order valence-corrected chi connectivity index (χ3v) is 3.91. The van der Waals surface area contributed by atoms with Crippen molar-refractivity contribution in [2.24, 2.45) is 0 Å². The van der Waals surface area contributed by atoms with Crippen LogP contribution in [0.2, 0.25) is 5.02 Å². The fraction of sp³-hybridized carbons (Fsp3) is 0.467. The zero-order valence-corrected chi connectivity index (χ0v) is 12.8. The number of nitrogens with one attached hydrogen (secondary N) is 3. The summed E-state index contributed by atoms with van der Waals surface area (Å²) in [6, 6.07) is 4.73. The maximum absolute atomic E-state index is 12.2. The third-order valence-electron chi connectivity index (χ3n) is 3.58. The standard InChI is InChI=1S/C15H20ClN3O2/c1-17-14(20)11-9-10(6-7-12(11)16)19-15(21)13-5-3-2-4-8-18-13/h6-7,9,13,18H,2-5,8H2,1H3,(H,17,20)(H,19,21). The molecule has 0 spiro atoms. The summed E-state index contributed by atoms with van der Waals surface area (Å²) in [7, 11) is 1.54. The van der Waals surface area contributed by atoms with Gasteiger partial charge in [0.05, 0.1) is 16.6 Å². The van der Waals surface area contributed by atoms with Crippen LogP contribution in [0.5, 0.6) is 0 Å². The van der Waals surface area contributed by atoms with E-state index in [4.69, 9.17) is 11.6 Å². The van der Waals surface area contributed by atoms with E-state index in [1.807, 2.05) is 0 Å². The van der Waals surface area contributed by atoms with E-state index in [-0.39, 0.29) is 17.9 Å². The Morgan fingerprint density at radius 2 is 2.10 bits per heavy atom. The molecule has 114 valence electrons. The number of carbonyl (C=O) groups excluding carboxylic acids is 2. The molecule has 0 saturated carbocycles. The number of halogens is 1. The molecular weight excluding hydrogens is 290 g/mol. The van der Waals surface area contributed by atoms with Gasteiger partial charge in [0.1, 0.15) is 0 Å². The maximum atomic E-state index is 12.2. The quantitative estimate of drug-likeness (QED) is 0.801. The second-order valence-corrected chi connectivity index (χ2v) is 5.53. The first-order valence-electron chi connectivity index (χ1n) is 7.17. The third kappa shape index (κ3) is 4.19. The summed E-state index contributed by atoms with van der Waals surface area (Å²) in [6.45, 7) is 0.863. The number of hydrogen-bond acceptors (Lipinski definition) is 3. The molecule has 6 heteroatoms. The number of amides is 2. The van der Waals surface area contributed by atoms with Crippen molar-refractivity contribution in [3.05, 3.63) is 28.8 Å². The largest absolute Gasteiger partial charge is 0.355 e. The van der Waals surface area contributed by atoms with Crippen LogP contribution in [0.3, 0.4) is 0 Å². The summed E-state index contributed by atoms with van der Waals surface area (Å²) in [5, 5.41) is 8.98. The summed E-state index contributed by atoms with van der Waals surface area (Å²) >= 11 is 5.99. The minimum atomic E-state index is -0.274. The Labute approximate surface area is 129 Å². The van der Waals surface area contributed by atoms with E-state index in [1.54, 1.807) is 25.2 Å². The molecule has 1 aromatic rings. The van der Waals surface area contributed by atoms with E-state index in [9.17, 15) is 9.59 Å². The Morgan fingerprint density at radius 3 is 2.86 bits per heavy atom. The predicted molar refractivity (Wildman–Crippen MR) is 83.7 cm³/mol. The van der Waals surface area contributed by atoms with E-state index in [0.717, 1.165) is 32.2 Å². The molecule has 1 aliphatic rings. The molecule has 1 saturated heterocycles. The monoisotopic (exact) mass is 309 g/mol. The van der Waals surface area contributed by atoms with Crippen LogP contribution < -0.4 is 16.0 Å². The summed E-state index contributed by atoms with van der Waals surface area (Å²) in [5.74, 6) is -0.342. The van der Waals surface area contributed by atoms with Crippen molar-refractivity contribution in [1.29, 1.82) is 0 Å². The molecule has 1 unspecified atom stereocenters. The minimum absolute atomic E-state index is 0.0675. The van der Waals surface area contributed by atoms with Gasteiger partial charge in [-0.1, -0.05) is 24.4 Å². The Bertz CT molecular complexity index is 526. The molecule has 1 aromatic carbocycles. The minimum Gasteiger partial charge on any atom is -0.355 e. The van der Waals surface area contributed by atoms with Crippen LogP contribution in [0.1, 0.15) is 36.0 Å². The molecule has 21 heavy (non-hydrogen) atoms. The van der Waals surface area contributed by atoms with Crippen molar-refractivity contribution in [2.75, 3.05) is 18.9 Å². The molecule has 3 N–H and O–H groups in total. The van der Waals surface area contributed by atoms with Crippen LogP contribution in [0.25, 0.3) is 0 Å². The van der Waals surface area contributed by atoms with Gasteiger partial charge >= 0.3 is 0 Å². The van der Waals surface area contributed by atoms with Crippen molar-refractivity contribution in [2.45, 2.75) is 31.7 Å². The zero-order chi connectivity index (χ0) is 15.2. The van der Waals surface area contributed by atoms with Crippen molar-refractivity contribution in [3.63, 3.8) is 0 Å². The normalized spacial score (nSPS) is 18.7. The SMILES string of the molecule is CNC(=O)c1cc(NC(=O)C2CCCCCN2)ccc1Cl. The van der Waals surface area contributed by atoms with Gasteiger partial charge in [0.2, 0.25) is 5.91 Å². The van der Waals surface area contributed by atoms with Gasteiger partial charge in [0.15, 0.2) is 0 Å². The van der Waals surface area contributed by atoms with Gasteiger partial charge in [-0.2, -0.15) is 0 Å². The first-order valence-corrected chi connectivity index (χ1v) is 7.55. The van der Waals surface area contributed by atoms with Crippen molar-refractivity contribution in [1.82, 2.24) is 10.6 Å². The van der Waals surface area contributed by atoms with E-state index in [1.165, 1.54) is 0 Å². The Morgan fingerprint density at radius 1 is 1.29 bits per heavy atom. The van der Waals surface area contributed by atoms with Crippen LogP contribution in [0.15, 0.2) is 18.2 Å². The van der Waals surface area contributed by atoms with Crippen molar-refractivity contribution < 1.29 is 9.59 Å². The molecule has 1 fully saturated rings. The van der Waals surface area contributed by atoms with Crippen molar-refractivity contribution >= 4 is 29.1 Å². The highest BCUT2D eigenvalue weighted by atomic mass is 35.5. The topological polar surface area (TPSA) is 70.2 Å². The zero-order valence-electron chi connectivity index (χ0n) is 12.0. The second-order valence-electron chi connectivity index (χ2n) is 5.12. The van der Waals surface area contributed by atoms with Crippen LogP contribution in [-0.2, 0) is 4.79 Å². The van der Waals surface area contributed by atoms with E-state index < -0.39 is 0 Å². The summed E-state index contributed by atoms with van der Waals surface area (Å²) in [6.07, 6.45) is 4.14. The van der Waals surface area contributed by atoms with Gasteiger partial charge in [-0.3, -0.25) is 9.59 Å². The highest BCUT2D eigenvalue weighted by molar-refractivity contribution is 6.34. The fourth-order valence-corrected chi connectivity index (χ4v) is 2.60. The van der Waals surface area contributed by atoms with Gasteiger partial charge in [0.25, 0.3) is 5.91 Å². The Hall–Kier alpha value is -1.59. The van der Waals surface area contributed by atoms with Crippen LogP contribution >= 0.6 is 11.6 Å². The first-order chi connectivity index (χ1) is 10.1. The van der Waals surface area contributed by atoms with E-state index in [2.05, 4.69) is 16.0 Å². The van der Waals surface area contributed by atoms with Gasteiger partial charge in [-0.15, -0.1) is 0 Å². The van der Waals surface area contributed by atoms with E-state index in [0.29, 0.717) is 16.3 Å². The molecule has 2 rings (SSSR count). The molecule has 1 heterocycles. The molecule has 0 aliphatic carbocycles.